The second kappa shape index (κ2) is 5.95. The van der Waals surface area contributed by atoms with Gasteiger partial charge in [-0.25, -0.2) is 4.39 Å². The third kappa shape index (κ3) is 3.21. The Balaban J connectivity index is 1.68. The van der Waals surface area contributed by atoms with Crippen LogP contribution in [0.5, 0.6) is 5.75 Å². The summed E-state index contributed by atoms with van der Waals surface area (Å²) in [6.07, 6.45) is 1.18. The molecule has 0 saturated carbocycles. The largest absolute Gasteiger partial charge is 0.493 e. The van der Waals surface area contributed by atoms with E-state index in [1.165, 1.54) is 12.1 Å². The van der Waals surface area contributed by atoms with Crippen molar-refractivity contribution in [2.75, 3.05) is 11.9 Å². The number of carbonyl (C=O) groups is 1. The maximum Gasteiger partial charge on any atom is 0.224 e. The van der Waals surface area contributed by atoms with Gasteiger partial charge < -0.3 is 10.1 Å². The Labute approximate surface area is 122 Å². The summed E-state index contributed by atoms with van der Waals surface area (Å²) in [5, 5.41) is 2.74. The van der Waals surface area contributed by atoms with Crippen LogP contribution in [0.15, 0.2) is 48.5 Å². The van der Waals surface area contributed by atoms with Gasteiger partial charge in [0, 0.05) is 12.1 Å². The van der Waals surface area contributed by atoms with Crippen molar-refractivity contribution in [1.29, 1.82) is 0 Å². The van der Waals surface area contributed by atoms with Crippen LogP contribution in [0.4, 0.5) is 10.1 Å². The lowest BCUT2D eigenvalue weighted by molar-refractivity contribution is -0.116. The number of hydrogen-bond donors (Lipinski definition) is 1. The van der Waals surface area contributed by atoms with Gasteiger partial charge in [0.05, 0.1) is 6.61 Å². The predicted molar refractivity (Wildman–Crippen MR) is 78.9 cm³/mol. The van der Waals surface area contributed by atoms with E-state index in [-0.39, 0.29) is 17.6 Å². The van der Waals surface area contributed by atoms with Gasteiger partial charge in [-0.05, 0) is 42.2 Å². The lowest BCUT2D eigenvalue weighted by Gasteiger charge is -2.25. The lowest BCUT2D eigenvalue weighted by atomic mass is 9.90. The number of para-hydroxylation sites is 1. The Bertz CT molecular complexity index is 657. The van der Waals surface area contributed by atoms with Crippen molar-refractivity contribution in [2.45, 2.75) is 18.8 Å². The molecule has 1 unspecified atom stereocenters. The highest BCUT2D eigenvalue weighted by Gasteiger charge is 2.23. The van der Waals surface area contributed by atoms with Crippen LogP contribution in [0.1, 0.15) is 24.3 Å². The van der Waals surface area contributed by atoms with Crippen molar-refractivity contribution in [3.8, 4) is 5.75 Å². The SMILES string of the molecule is O=C(CC1CCOc2ccccc21)Nc1cccc(F)c1. The molecule has 1 heterocycles. The smallest absolute Gasteiger partial charge is 0.224 e. The van der Waals surface area contributed by atoms with Gasteiger partial charge in [-0.2, -0.15) is 0 Å². The van der Waals surface area contributed by atoms with Crippen LogP contribution in [-0.4, -0.2) is 12.5 Å². The van der Waals surface area contributed by atoms with Crippen molar-refractivity contribution in [3.63, 3.8) is 0 Å². The van der Waals surface area contributed by atoms with Crippen LogP contribution >= 0.6 is 0 Å². The van der Waals surface area contributed by atoms with Gasteiger partial charge in [0.25, 0.3) is 0 Å². The standard InChI is InChI=1S/C17H16FNO2/c18-13-4-3-5-14(11-13)19-17(20)10-12-8-9-21-16-7-2-1-6-15(12)16/h1-7,11-12H,8-10H2,(H,19,20). The normalized spacial score (nSPS) is 16.7. The van der Waals surface area contributed by atoms with E-state index in [1.54, 1.807) is 12.1 Å². The number of nitrogens with one attached hydrogen (secondary N) is 1. The molecule has 21 heavy (non-hydrogen) atoms. The van der Waals surface area contributed by atoms with Gasteiger partial charge in [-0.15, -0.1) is 0 Å². The lowest BCUT2D eigenvalue weighted by Crippen LogP contribution is -2.20. The van der Waals surface area contributed by atoms with E-state index in [4.69, 9.17) is 4.74 Å². The highest BCUT2D eigenvalue weighted by Crippen LogP contribution is 2.35. The molecular weight excluding hydrogens is 269 g/mol. The van der Waals surface area contributed by atoms with Crippen LogP contribution in [0, 0.1) is 5.82 Å². The van der Waals surface area contributed by atoms with E-state index in [9.17, 15) is 9.18 Å². The van der Waals surface area contributed by atoms with Crippen LogP contribution in [0.25, 0.3) is 0 Å². The highest BCUT2D eigenvalue weighted by molar-refractivity contribution is 5.91. The summed E-state index contributed by atoms with van der Waals surface area (Å²) in [5.74, 6) is 0.530. The van der Waals surface area contributed by atoms with Crippen LogP contribution in [0.3, 0.4) is 0 Å². The molecule has 0 aromatic heterocycles. The fourth-order valence-corrected chi connectivity index (χ4v) is 2.63. The third-order valence-corrected chi connectivity index (χ3v) is 3.62. The van der Waals surface area contributed by atoms with Gasteiger partial charge >= 0.3 is 0 Å². The molecular formula is C17H16FNO2. The molecule has 0 bridgehead atoms. The number of fused-ring (bicyclic) bond motifs is 1. The number of ether oxygens (including phenoxy) is 1. The Hall–Kier alpha value is -2.36. The first-order valence-electron chi connectivity index (χ1n) is 6.99. The zero-order valence-electron chi connectivity index (χ0n) is 11.5. The fourth-order valence-electron chi connectivity index (χ4n) is 2.63. The van der Waals surface area contributed by atoms with E-state index in [0.29, 0.717) is 18.7 Å². The van der Waals surface area contributed by atoms with E-state index < -0.39 is 0 Å². The summed E-state index contributed by atoms with van der Waals surface area (Å²) >= 11 is 0. The molecule has 2 aromatic rings. The highest BCUT2D eigenvalue weighted by atomic mass is 19.1. The molecule has 1 amide bonds. The molecule has 0 spiro atoms. The molecule has 3 nitrogen and oxygen atoms in total. The summed E-state index contributed by atoms with van der Waals surface area (Å²) in [6, 6.07) is 13.7. The van der Waals surface area contributed by atoms with Crippen LogP contribution in [-0.2, 0) is 4.79 Å². The van der Waals surface area contributed by atoms with E-state index in [2.05, 4.69) is 5.32 Å². The molecule has 0 aliphatic carbocycles. The zero-order chi connectivity index (χ0) is 14.7. The fraction of sp³-hybridized carbons (Fsp3) is 0.235. The Morgan fingerprint density at radius 3 is 2.95 bits per heavy atom. The Morgan fingerprint density at radius 1 is 1.24 bits per heavy atom. The maximum atomic E-state index is 13.1. The number of benzene rings is 2. The minimum Gasteiger partial charge on any atom is -0.493 e. The number of hydrogen-bond acceptors (Lipinski definition) is 2. The zero-order valence-corrected chi connectivity index (χ0v) is 11.5. The van der Waals surface area contributed by atoms with Gasteiger partial charge in [0.15, 0.2) is 0 Å². The summed E-state index contributed by atoms with van der Waals surface area (Å²) in [5.41, 5.74) is 1.55. The summed E-state index contributed by atoms with van der Waals surface area (Å²) in [4.78, 5) is 12.1. The quantitative estimate of drug-likeness (QED) is 0.933. The minimum atomic E-state index is -0.357. The van der Waals surface area contributed by atoms with Gasteiger partial charge in [0.2, 0.25) is 5.91 Å². The Kier molecular flexibility index (Phi) is 3.86. The van der Waals surface area contributed by atoms with Gasteiger partial charge in [0.1, 0.15) is 11.6 Å². The second-order valence-corrected chi connectivity index (χ2v) is 5.13. The van der Waals surface area contributed by atoms with Crippen molar-refractivity contribution < 1.29 is 13.9 Å². The first-order chi connectivity index (χ1) is 10.2. The number of rotatable bonds is 3. The molecule has 2 aromatic carbocycles. The van der Waals surface area contributed by atoms with E-state index in [1.807, 2.05) is 24.3 Å². The van der Waals surface area contributed by atoms with E-state index in [0.717, 1.165) is 17.7 Å². The molecule has 1 aliphatic heterocycles. The van der Waals surface area contributed by atoms with Crippen molar-refractivity contribution in [3.05, 3.63) is 59.9 Å². The average Bonchev–Trinajstić information content (AvgIpc) is 2.47. The number of halogens is 1. The molecule has 0 fully saturated rings. The first kappa shape index (κ1) is 13.6. The minimum absolute atomic E-state index is 0.109. The van der Waals surface area contributed by atoms with Gasteiger partial charge in [-0.3, -0.25) is 4.79 Å². The topological polar surface area (TPSA) is 38.3 Å². The van der Waals surface area contributed by atoms with Gasteiger partial charge in [-0.1, -0.05) is 24.3 Å². The molecule has 0 radical (unpaired) electrons. The van der Waals surface area contributed by atoms with Crippen LogP contribution in [0.2, 0.25) is 0 Å². The number of anilines is 1. The Morgan fingerprint density at radius 2 is 2.10 bits per heavy atom. The molecule has 1 atom stereocenters. The molecule has 1 N–H and O–H groups in total. The summed E-state index contributed by atoms with van der Waals surface area (Å²) in [6.45, 7) is 0.620. The summed E-state index contributed by atoms with van der Waals surface area (Å²) in [7, 11) is 0. The molecule has 3 rings (SSSR count). The molecule has 108 valence electrons. The molecule has 1 aliphatic rings. The molecule has 4 heteroatoms. The average molecular weight is 285 g/mol. The summed E-state index contributed by atoms with van der Waals surface area (Å²) < 4.78 is 18.7. The number of amides is 1. The van der Waals surface area contributed by atoms with Crippen LogP contribution < -0.4 is 10.1 Å². The van der Waals surface area contributed by atoms with E-state index >= 15 is 0 Å². The monoisotopic (exact) mass is 285 g/mol. The number of carbonyl (C=O) groups excluding carboxylic acids is 1. The first-order valence-corrected chi connectivity index (χ1v) is 6.99. The molecule has 0 saturated heterocycles. The maximum absolute atomic E-state index is 13.1. The predicted octanol–water partition coefficient (Wildman–Crippen LogP) is 3.72. The van der Waals surface area contributed by atoms with Crippen molar-refractivity contribution in [1.82, 2.24) is 0 Å². The second-order valence-electron chi connectivity index (χ2n) is 5.13. The third-order valence-electron chi connectivity index (χ3n) is 3.62. The van der Waals surface area contributed by atoms with Crippen molar-refractivity contribution in [2.24, 2.45) is 0 Å². The van der Waals surface area contributed by atoms with Crippen molar-refractivity contribution >= 4 is 11.6 Å².